The quantitative estimate of drug-likeness (QED) is 0.754. The molecule has 2 aromatic carbocycles. The van der Waals surface area contributed by atoms with Crippen molar-refractivity contribution in [2.24, 2.45) is 0 Å². The van der Waals surface area contributed by atoms with Crippen LogP contribution in [0.15, 0.2) is 42.5 Å². The average Bonchev–Trinajstić information content (AvgIpc) is 2.85. The molecule has 29 heavy (non-hydrogen) atoms. The molecule has 0 spiro atoms. The monoisotopic (exact) mass is 421 g/mol. The number of carbonyl (C=O) groups excluding carboxylic acids is 3. The summed E-state index contributed by atoms with van der Waals surface area (Å²) < 4.78 is 26.6. The van der Waals surface area contributed by atoms with Gasteiger partial charge in [0.15, 0.2) is 0 Å². The highest BCUT2D eigenvalue weighted by atomic mass is 35.5. The summed E-state index contributed by atoms with van der Waals surface area (Å²) >= 11 is 6.05. The number of hydrogen-bond acceptors (Lipinski definition) is 3. The van der Waals surface area contributed by atoms with Crippen molar-refractivity contribution in [1.29, 1.82) is 0 Å². The average molecular weight is 422 g/mol. The molecule has 6 nitrogen and oxygen atoms in total. The molecule has 1 saturated heterocycles. The van der Waals surface area contributed by atoms with Gasteiger partial charge >= 0.3 is 6.03 Å². The molecule has 2 aromatic rings. The van der Waals surface area contributed by atoms with Crippen molar-refractivity contribution < 1.29 is 23.2 Å². The van der Waals surface area contributed by atoms with Gasteiger partial charge < -0.3 is 10.2 Å². The number of nitrogens with one attached hydrogen (secondary N) is 1. The second-order valence-electron chi connectivity index (χ2n) is 6.95. The van der Waals surface area contributed by atoms with Crippen molar-refractivity contribution in [3.05, 3.63) is 70.2 Å². The second kappa shape index (κ2) is 7.79. The Morgan fingerprint density at radius 3 is 2.52 bits per heavy atom. The predicted octanol–water partition coefficient (Wildman–Crippen LogP) is 3.04. The maximum atomic E-state index is 13.3. The normalized spacial score (nSPS) is 18.7. The number of nitrogens with zero attached hydrogens (tertiary/aromatic N) is 2. The van der Waals surface area contributed by atoms with Crippen LogP contribution in [0.5, 0.6) is 0 Å². The van der Waals surface area contributed by atoms with E-state index in [-0.39, 0.29) is 17.1 Å². The molecule has 1 unspecified atom stereocenters. The first-order valence-electron chi connectivity index (χ1n) is 8.70. The molecule has 152 valence electrons. The van der Waals surface area contributed by atoms with Crippen LogP contribution in [-0.2, 0) is 21.7 Å². The molecule has 4 amide bonds. The minimum Gasteiger partial charge on any atom is -0.340 e. The van der Waals surface area contributed by atoms with Crippen molar-refractivity contribution >= 4 is 29.4 Å². The van der Waals surface area contributed by atoms with E-state index in [1.807, 2.05) is 0 Å². The Bertz CT molecular complexity index is 1000. The van der Waals surface area contributed by atoms with Crippen LogP contribution in [0.2, 0.25) is 5.02 Å². The third kappa shape index (κ3) is 4.07. The van der Waals surface area contributed by atoms with Crippen LogP contribution in [0, 0.1) is 11.6 Å². The maximum Gasteiger partial charge on any atom is 0.325 e. The molecule has 0 radical (unpaired) electrons. The van der Waals surface area contributed by atoms with Gasteiger partial charge in [0.25, 0.3) is 5.91 Å². The van der Waals surface area contributed by atoms with Crippen molar-refractivity contribution in [3.8, 4) is 0 Å². The summed E-state index contributed by atoms with van der Waals surface area (Å²) in [5.74, 6) is -2.19. The fourth-order valence-electron chi connectivity index (χ4n) is 3.17. The molecule has 1 heterocycles. The number of benzene rings is 2. The first-order valence-corrected chi connectivity index (χ1v) is 9.07. The lowest BCUT2D eigenvalue weighted by molar-refractivity contribution is -0.138. The zero-order valence-electron chi connectivity index (χ0n) is 15.7. The highest BCUT2D eigenvalue weighted by molar-refractivity contribution is 6.32. The van der Waals surface area contributed by atoms with E-state index in [4.69, 9.17) is 11.6 Å². The maximum absolute atomic E-state index is 13.3. The summed E-state index contributed by atoms with van der Waals surface area (Å²) in [6, 6.07) is 8.51. The zero-order chi connectivity index (χ0) is 21.3. The Labute approximate surface area is 171 Å². The van der Waals surface area contributed by atoms with E-state index < -0.39 is 41.6 Å². The van der Waals surface area contributed by atoms with Crippen molar-refractivity contribution in [2.45, 2.75) is 19.0 Å². The van der Waals surface area contributed by atoms with Crippen LogP contribution in [-0.4, -0.2) is 41.2 Å². The van der Waals surface area contributed by atoms with Gasteiger partial charge in [-0.3, -0.25) is 14.5 Å². The number of imide groups is 1. The first-order chi connectivity index (χ1) is 13.6. The highest BCUT2D eigenvalue weighted by Gasteiger charge is 2.50. The molecule has 3 rings (SSSR count). The molecule has 0 aliphatic carbocycles. The third-order valence-electron chi connectivity index (χ3n) is 4.77. The summed E-state index contributed by atoms with van der Waals surface area (Å²) in [7, 11) is 1.49. The molecule has 1 N–H and O–H groups in total. The third-order valence-corrected chi connectivity index (χ3v) is 5.09. The van der Waals surface area contributed by atoms with Crippen LogP contribution in [0.1, 0.15) is 18.1 Å². The van der Waals surface area contributed by atoms with Gasteiger partial charge in [0, 0.05) is 24.2 Å². The molecular formula is C20H18ClF2N3O3. The van der Waals surface area contributed by atoms with Crippen molar-refractivity contribution in [2.75, 3.05) is 13.6 Å². The minimum absolute atomic E-state index is 0.0162. The van der Waals surface area contributed by atoms with E-state index in [0.717, 1.165) is 17.0 Å². The predicted molar refractivity (Wildman–Crippen MR) is 102 cm³/mol. The molecular weight excluding hydrogens is 404 g/mol. The Hall–Kier alpha value is -3.00. The van der Waals surface area contributed by atoms with E-state index in [9.17, 15) is 23.2 Å². The van der Waals surface area contributed by atoms with Gasteiger partial charge in [0.05, 0.1) is 0 Å². The fourth-order valence-corrected chi connectivity index (χ4v) is 3.53. The molecule has 1 aliphatic rings. The SMILES string of the molecule is CN(Cc1cccc(F)c1)C(=O)CN1C(=O)NC(C)(c2ccc(F)cc2Cl)C1=O. The number of likely N-dealkylation sites (N-methyl/N-ethyl adjacent to an activating group) is 1. The molecule has 1 fully saturated rings. The number of halogens is 3. The van der Waals surface area contributed by atoms with Gasteiger partial charge in [0.2, 0.25) is 5.91 Å². The molecule has 0 bridgehead atoms. The van der Waals surface area contributed by atoms with E-state index in [0.29, 0.717) is 5.56 Å². The summed E-state index contributed by atoms with van der Waals surface area (Å²) in [6.07, 6.45) is 0. The number of urea groups is 1. The van der Waals surface area contributed by atoms with Gasteiger partial charge in [-0.15, -0.1) is 0 Å². The van der Waals surface area contributed by atoms with Gasteiger partial charge in [-0.25, -0.2) is 13.6 Å². The van der Waals surface area contributed by atoms with Gasteiger partial charge in [-0.05, 0) is 36.8 Å². The van der Waals surface area contributed by atoms with Crippen molar-refractivity contribution in [3.63, 3.8) is 0 Å². The van der Waals surface area contributed by atoms with Crippen LogP contribution in [0.4, 0.5) is 13.6 Å². The molecule has 0 saturated carbocycles. The summed E-state index contributed by atoms with van der Waals surface area (Å²) in [5.41, 5.74) is -0.730. The van der Waals surface area contributed by atoms with Crippen LogP contribution in [0.25, 0.3) is 0 Å². The lowest BCUT2D eigenvalue weighted by Crippen LogP contribution is -2.43. The van der Waals surface area contributed by atoms with Gasteiger partial charge in [-0.2, -0.15) is 0 Å². The van der Waals surface area contributed by atoms with E-state index in [2.05, 4.69) is 5.32 Å². The van der Waals surface area contributed by atoms with E-state index >= 15 is 0 Å². The standard InChI is InChI=1S/C20H18ClF2N3O3/c1-20(15-7-6-14(23)9-16(15)21)18(28)26(19(29)24-20)11-17(27)25(2)10-12-4-3-5-13(22)8-12/h3-9H,10-11H2,1-2H3,(H,24,29). The number of rotatable bonds is 5. The van der Waals surface area contributed by atoms with Crippen LogP contribution in [0.3, 0.4) is 0 Å². The second-order valence-corrected chi connectivity index (χ2v) is 7.36. The Morgan fingerprint density at radius 2 is 1.86 bits per heavy atom. The zero-order valence-corrected chi connectivity index (χ0v) is 16.5. The van der Waals surface area contributed by atoms with Gasteiger partial charge in [0.1, 0.15) is 23.7 Å². The Balaban J connectivity index is 1.75. The summed E-state index contributed by atoms with van der Waals surface area (Å²) in [5, 5.41) is 2.50. The summed E-state index contributed by atoms with van der Waals surface area (Å²) in [6.45, 7) is 1.06. The Morgan fingerprint density at radius 1 is 1.17 bits per heavy atom. The van der Waals surface area contributed by atoms with Gasteiger partial charge in [-0.1, -0.05) is 29.8 Å². The van der Waals surface area contributed by atoms with E-state index in [1.54, 1.807) is 6.07 Å². The fraction of sp³-hybridized carbons (Fsp3) is 0.250. The number of hydrogen-bond donors (Lipinski definition) is 1. The lowest BCUT2D eigenvalue weighted by Gasteiger charge is -2.24. The largest absolute Gasteiger partial charge is 0.340 e. The molecule has 1 atom stereocenters. The highest BCUT2D eigenvalue weighted by Crippen LogP contribution is 2.33. The number of amides is 4. The van der Waals surface area contributed by atoms with E-state index in [1.165, 1.54) is 43.1 Å². The Kier molecular flexibility index (Phi) is 5.57. The topological polar surface area (TPSA) is 69.7 Å². The van der Waals surface area contributed by atoms with Crippen molar-refractivity contribution in [1.82, 2.24) is 15.1 Å². The minimum atomic E-state index is -1.52. The molecule has 0 aromatic heterocycles. The summed E-state index contributed by atoms with van der Waals surface area (Å²) in [4.78, 5) is 39.9. The smallest absolute Gasteiger partial charge is 0.325 e. The number of carbonyl (C=O) groups is 3. The lowest BCUT2D eigenvalue weighted by atomic mass is 9.92. The molecule has 9 heteroatoms. The molecule has 1 aliphatic heterocycles. The van der Waals surface area contributed by atoms with Crippen LogP contribution >= 0.6 is 11.6 Å². The van der Waals surface area contributed by atoms with Crippen LogP contribution < -0.4 is 5.32 Å². The first kappa shape index (κ1) is 20.7.